The van der Waals surface area contributed by atoms with Gasteiger partial charge < -0.3 is 9.88 Å². The number of para-hydroxylation sites is 1. The van der Waals surface area contributed by atoms with Gasteiger partial charge in [-0.2, -0.15) is 5.10 Å². The lowest BCUT2D eigenvalue weighted by atomic mass is 9.90. The zero-order chi connectivity index (χ0) is 21.9. The Morgan fingerprint density at radius 1 is 1.06 bits per heavy atom. The Balaban J connectivity index is 1.43. The van der Waals surface area contributed by atoms with E-state index >= 15 is 0 Å². The van der Waals surface area contributed by atoms with Crippen molar-refractivity contribution in [2.45, 2.75) is 30.8 Å². The van der Waals surface area contributed by atoms with Crippen molar-refractivity contribution in [2.75, 3.05) is 11.1 Å². The molecular formula is C24H24N6OS. The topological polar surface area (TPSA) is 77.6 Å². The highest BCUT2D eigenvalue weighted by molar-refractivity contribution is 7.99. The zero-order valence-electron chi connectivity index (χ0n) is 17.9. The van der Waals surface area contributed by atoms with Crippen LogP contribution in [0.15, 0.2) is 66.1 Å². The summed E-state index contributed by atoms with van der Waals surface area (Å²) >= 11 is 1.35. The highest BCUT2D eigenvalue weighted by Gasteiger charge is 2.16. The van der Waals surface area contributed by atoms with Crippen molar-refractivity contribution >= 4 is 23.5 Å². The van der Waals surface area contributed by atoms with Gasteiger partial charge >= 0.3 is 0 Å². The normalized spacial score (nSPS) is 13.0. The largest absolute Gasteiger partial charge is 0.312 e. The van der Waals surface area contributed by atoms with E-state index < -0.39 is 0 Å². The Morgan fingerprint density at radius 2 is 1.88 bits per heavy atom. The van der Waals surface area contributed by atoms with E-state index in [1.54, 1.807) is 15.6 Å². The van der Waals surface area contributed by atoms with Gasteiger partial charge in [-0.15, -0.1) is 10.2 Å². The van der Waals surface area contributed by atoms with Crippen LogP contribution >= 0.6 is 11.8 Å². The van der Waals surface area contributed by atoms with Crippen LogP contribution in [0.2, 0.25) is 0 Å². The van der Waals surface area contributed by atoms with Crippen molar-refractivity contribution in [3.8, 4) is 16.9 Å². The maximum absolute atomic E-state index is 12.7. The van der Waals surface area contributed by atoms with Crippen LogP contribution in [-0.2, 0) is 24.7 Å². The number of benzene rings is 2. The first-order valence-corrected chi connectivity index (χ1v) is 11.7. The van der Waals surface area contributed by atoms with Crippen molar-refractivity contribution in [2.24, 2.45) is 7.05 Å². The minimum Gasteiger partial charge on any atom is -0.312 e. The summed E-state index contributed by atoms with van der Waals surface area (Å²) in [5.74, 6) is 0.764. The van der Waals surface area contributed by atoms with Gasteiger partial charge in [0.05, 0.1) is 17.1 Å². The van der Waals surface area contributed by atoms with E-state index in [0.717, 1.165) is 29.8 Å². The van der Waals surface area contributed by atoms with Gasteiger partial charge in [-0.05, 0) is 55.0 Å². The van der Waals surface area contributed by atoms with E-state index in [1.807, 2.05) is 43.4 Å². The Morgan fingerprint density at radius 3 is 2.66 bits per heavy atom. The van der Waals surface area contributed by atoms with E-state index in [9.17, 15) is 4.79 Å². The Kier molecular flexibility index (Phi) is 5.77. The summed E-state index contributed by atoms with van der Waals surface area (Å²) in [5, 5.41) is 16.4. The molecule has 0 saturated heterocycles. The molecule has 0 radical (unpaired) electrons. The van der Waals surface area contributed by atoms with Gasteiger partial charge in [-0.3, -0.25) is 4.79 Å². The number of nitrogens with one attached hydrogen (secondary N) is 1. The fraction of sp³-hybridized carbons (Fsp3) is 0.250. The molecule has 1 aliphatic rings. The Bertz CT molecular complexity index is 1250. The molecule has 0 saturated carbocycles. The molecule has 0 atom stereocenters. The number of amides is 1. The van der Waals surface area contributed by atoms with Crippen LogP contribution in [0.4, 0.5) is 5.82 Å². The molecule has 0 unspecified atom stereocenters. The smallest absolute Gasteiger partial charge is 0.236 e. The number of fused-ring (bicyclic) bond motifs is 1. The monoisotopic (exact) mass is 444 g/mol. The average Bonchev–Trinajstić information content (AvgIpc) is 3.44. The second-order valence-corrected chi connectivity index (χ2v) is 8.86. The van der Waals surface area contributed by atoms with Crippen molar-refractivity contribution in [3.05, 3.63) is 72.1 Å². The minimum absolute atomic E-state index is 0.118. The molecule has 2 aromatic carbocycles. The van der Waals surface area contributed by atoms with E-state index in [-0.39, 0.29) is 11.7 Å². The molecule has 2 aromatic heterocycles. The van der Waals surface area contributed by atoms with Gasteiger partial charge in [0.2, 0.25) is 5.91 Å². The number of carbonyl (C=O) groups is 1. The number of rotatable bonds is 6. The highest BCUT2D eigenvalue weighted by atomic mass is 32.2. The molecule has 1 N–H and O–H groups in total. The molecule has 1 amide bonds. The quantitative estimate of drug-likeness (QED) is 0.449. The van der Waals surface area contributed by atoms with Gasteiger partial charge in [-0.1, -0.05) is 42.1 Å². The Labute approximate surface area is 190 Å². The maximum Gasteiger partial charge on any atom is 0.236 e. The number of hydrogen-bond acceptors (Lipinski definition) is 5. The van der Waals surface area contributed by atoms with E-state index in [4.69, 9.17) is 5.10 Å². The van der Waals surface area contributed by atoms with Crippen LogP contribution in [0.3, 0.4) is 0 Å². The molecule has 4 aromatic rings. The van der Waals surface area contributed by atoms with Gasteiger partial charge in [0.25, 0.3) is 0 Å². The van der Waals surface area contributed by atoms with Crippen molar-refractivity contribution < 1.29 is 4.79 Å². The molecule has 162 valence electrons. The third-order valence-corrected chi connectivity index (χ3v) is 6.66. The molecular weight excluding hydrogens is 420 g/mol. The van der Waals surface area contributed by atoms with E-state index in [0.29, 0.717) is 11.0 Å². The lowest BCUT2D eigenvalue weighted by molar-refractivity contribution is -0.113. The van der Waals surface area contributed by atoms with Crippen LogP contribution in [0, 0.1) is 0 Å². The zero-order valence-corrected chi connectivity index (χ0v) is 18.7. The predicted molar refractivity (Wildman–Crippen MR) is 126 cm³/mol. The molecule has 0 fully saturated rings. The lowest BCUT2D eigenvalue weighted by Crippen LogP contribution is -2.17. The van der Waals surface area contributed by atoms with Gasteiger partial charge in [-0.25, -0.2) is 4.68 Å². The standard InChI is InChI=1S/C24H24N6OS/c1-29-16-25-27-24(29)32-15-23(31)26-22-14-21(28-30(22)20-9-3-2-4-10-20)19-12-11-17-7-5-6-8-18(17)13-19/h2-4,9-14,16H,5-8,15H2,1H3,(H,26,31). The van der Waals surface area contributed by atoms with Crippen LogP contribution in [0.5, 0.6) is 0 Å². The third kappa shape index (κ3) is 4.31. The SMILES string of the molecule is Cn1cnnc1SCC(=O)Nc1cc(-c2ccc3c(c2)CCCC3)nn1-c1ccccc1. The van der Waals surface area contributed by atoms with Crippen LogP contribution in [-0.4, -0.2) is 36.2 Å². The van der Waals surface area contributed by atoms with Crippen LogP contribution in [0.1, 0.15) is 24.0 Å². The summed E-state index contributed by atoms with van der Waals surface area (Å²) in [6, 6.07) is 18.4. The molecule has 0 spiro atoms. The van der Waals surface area contributed by atoms with Crippen molar-refractivity contribution in [1.82, 2.24) is 24.5 Å². The molecule has 0 aliphatic heterocycles. The van der Waals surface area contributed by atoms with Crippen LogP contribution < -0.4 is 5.32 Å². The number of aryl methyl sites for hydroxylation is 3. The fourth-order valence-corrected chi connectivity index (χ4v) is 4.67. The molecule has 2 heterocycles. The number of carbonyl (C=O) groups excluding carboxylic acids is 1. The summed E-state index contributed by atoms with van der Waals surface area (Å²) in [6.07, 6.45) is 6.39. The van der Waals surface area contributed by atoms with Gasteiger partial charge in [0.15, 0.2) is 5.16 Å². The average molecular weight is 445 g/mol. The van der Waals surface area contributed by atoms with Gasteiger partial charge in [0.1, 0.15) is 12.1 Å². The summed E-state index contributed by atoms with van der Waals surface area (Å²) in [5.41, 5.74) is 5.67. The molecule has 8 heteroatoms. The molecule has 32 heavy (non-hydrogen) atoms. The van der Waals surface area contributed by atoms with Crippen molar-refractivity contribution in [3.63, 3.8) is 0 Å². The summed E-state index contributed by atoms with van der Waals surface area (Å²) in [7, 11) is 1.86. The molecule has 1 aliphatic carbocycles. The summed E-state index contributed by atoms with van der Waals surface area (Å²) < 4.78 is 3.58. The van der Waals surface area contributed by atoms with E-state index in [2.05, 4.69) is 33.7 Å². The third-order valence-electron chi connectivity index (χ3n) is 5.62. The minimum atomic E-state index is -0.118. The number of nitrogens with zero attached hydrogens (tertiary/aromatic N) is 5. The van der Waals surface area contributed by atoms with Gasteiger partial charge in [0, 0.05) is 18.7 Å². The summed E-state index contributed by atoms with van der Waals surface area (Å²) in [6.45, 7) is 0. The second kappa shape index (κ2) is 9.00. The van der Waals surface area contributed by atoms with Crippen molar-refractivity contribution in [1.29, 1.82) is 0 Å². The number of thioether (sulfide) groups is 1. The molecule has 5 rings (SSSR count). The number of anilines is 1. The fourth-order valence-electron chi connectivity index (χ4n) is 3.98. The predicted octanol–water partition coefficient (Wildman–Crippen LogP) is 4.28. The first-order chi connectivity index (χ1) is 15.7. The summed E-state index contributed by atoms with van der Waals surface area (Å²) in [4.78, 5) is 12.7. The molecule has 7 nitrogen and oxygen atoms in total. The first-order valence-electron chi connectivity index (χ1n) is 10.7. The number of aromatic nitrogens is 5. The highest BCUT2D eigenvalue weighted by Crippen LogP contribution is 2.29. The lowest BCUT2D eigenvalue weighted by Gasteiger charge is -2.16. The molecule has 0 bridgehead atoms. The second-order valence-electron chi connectivity index (χ2n) is 7.91. The van der Waals surface area contributed by atoms with E-state index in [1.165, 1.54) is 35.7 Å². The van der Waals surface area contributed by atoms with Crippen LogP contribution in [0.25, 0.3) is 16.9 Å². The number of hydrogen-bond donors (Lipinski definition) is 1. The Hall–Kier alpha value is -3.39. The first kappa shape index (κ1) is 20.5. The maximum atomic E-state index is 12.7.